The Bertz CT molecular complexity index is 1320. The summed E-state index contributed by atoms with van der Waals surface area (Å²) in [5.74, 6) is -0.288. The molecule has 10 heteroatoms. The predicted molar refractivity (Wildman–Crippen MR) is 128 cm³/mol. The summed E-state index contributed by atoms with van der Waals surface area (Å²) in [7, 11) is -1.97. The summed E-state index contributed by atoms with van der Waals surface area (Å²) in [5, 5.41) is 3.21. The summed E-state index contributed by atoms with van der Waals surface area (Å²) < 4.78 is 28.4. The largest absolute Gasteiger partial charge is 0.325 e. The van der Waals surface area contributed by atoms with Crippen LogP contribution in [0.25, 0.3) is 10.9 Å². The quantitative estimate of drug-likeness (QED) is 0.402. The van der Waals surface area contributed by atoms with E-state index in [1.54, 1.807) is 40.0 Å². The Balaban J connectivity index is 1.74. The molecule has 0 spiro atoms. The van der Waals surface area contributed by atoms with Crippen LogP contribution < -0.4 is 15.6 Å². The van der Waals surface area contributed by atoms with Crippen LogP contribution in [0.3, 0.4) is 0 Å². The SMILES string of the molecule is Cc1ccc2nc(SC(C)C(=O)Nc3ccc(S(=O)(=O)NC(C)C)cc3)n(C)c(=O)c2c1. The maximum absolute atomic E-state index is 12.7. The van der Waals surface area contributed by atoms with Crippen molar-refractivity contribution in [3.63, 3.8) is 0 Å². The Morgan fingerprint density at radius 1 is 1.09 bits per heavy atom. The number of nitrogens with zero attached hydrogens (tertiary/aromatic N) is 2. The minimum absolute atomic E-state index is 0.122. The Morgan fingerprint density at radius 2 is 1.75 bits per heavy atom. The van der Waals surface area contributed by atoms with Crippen LogP contribution in [0.4, 0.5) is 5.69 Å². The van der Waals surface area contributed by atoms with Gasteiger partial charge in [-0.05, 0) is 64.1 Å². The molecule has 1 amide bonds. The van der Waals surface area contributed by atoms with E-state index in [4.69, 9.17) is 0 Å². The average Bonchev–Trinajstić information content (AvgIpc) is 2.71. The molecule has 1 aromatic heterocycles. The van der Waals surface area contributed by atoms with Gasteiger partial charge in [-0.1, -0.05) is 23.4 Å². The third-order valence-corrected chi connectivity index (χ3v) is 7.48. The zero-order valence-corrected chi connectivity index (χ0v) is 20.2. The summed E-state index contributed by atoms with van der Waals surface area (Å²) in [5.41, 5.74) is 1.87. The summed E-state index contributed by atoms with van der Waals surface area (Å²) in [6.45, 7) is 7.12. The van der Waals surface area contributed by atoms with Gasteiger partial charge in [-0.3, -0.25) is 14.2 Å². The molecule has 0 bridgehead atoms. The number of aromatic nitrogens is 2. The van der Waals surface area contributed by atoms with Gasteiger partial charge in [0.25, 0.3) is 5.56 Å². The number of rotatable bonds is 7. The van der Waals surface area contributed by atoms with E-state index in [1.165, 1.54) is 40.6 Å². The van der Waals surface area contributed by atoms with Crippen LogP contribution in [-0.4, -0.2) is 35.2 Å². The number of fused-ring (bicyclic) bond motifs is 1. The highest BCUT2D eigenvalue weighted by Crippen LogP contribution is 2.24. The molecule has 0 aliphatic rings. The number of benzene rings is 2. The lowest BCUT2D eigenvalue weighted by Gasteiger charge is -2.15. The van der Waals surface area contributed by atoms with Crippen molar-refractivity contribution in [2.75, 3.05) is 5.32 Å². The number of carbonyl (C=O) groups excluding carboxylic acids is 1. The minimum atomic E-state index is -3.60. The lowest BCUT2D eigenvalue weighted by molar-refractivity contribution is -0.115. The minimum Gasteiger partial charge on any atom is -0.325 e. The van der Waals surface area contributed by atoms with Crippen molar-refractivity contribution in [3.05, 3.63) is 58.4 Å². The Hall–Kier alpha value is -2.69. The van der Waals surface area contributed by atoms with Gasteiger partial charge < -0.3 is 5.32 Å². The van der Waals surface area contributed by atoms with Crippen molar-refractivity contribution in [1.29, 1.82) is 0 Å². The van der Waals surface area contributed by atoms with Gasteiger partial charge in [0, 0.05) is 18.8 Å². The van der Waals surface area contributed by atoms with Crippen LogP contribution in [0, 0.1) is 6.92 Å². The number of thioether (sulfide) groups is 1. The molecule has 170 valence electrons. The Labute approximate surface area is 191 Å². The van der Waals surface area contributed by atoms with E-state index in [9.17, 15) is 18.0 Å². The number of anilines is 1. The first kappa shape index (κ1) is 24.0. The fourth-order valence-corrected chi connectivity index (χ4v) is 5.15. The van der Waals surface area contributed by atoms with Gasteiger partial charge in [-0.25, -0.2) is 18.1 Å². The topological polar surface area (TPSA) is 110 Å². The zero-order valence-electron chi connectivity index (χ0n) is 18.5. The number of nitrogens with one attached hydrogen (secondary N) is 2. The van der Waals surface area contributed by atoms with E-state index in [0.717, 1.165) is 5.56 Å². The van der Waals surface area contributed by atoms with E-state index in [1.807, 2.05) is 13.0 Å². The van der Waals surface area contributed by atoms with Crippen LogP contribution in [-0.2, 0) is 21.9 Å². The fraction of sp³-hybridized carbons (Fsp3) is 0.318. The first-order valence-electron chi connectivity index (χ1n) is 10.1. The number of hydrogen-bond donors (Lipinski definition) is 2. The lowest BCUT2D eigenvalue weighted by Crippen LogP contribution is -2.30. The van der Waals surface area contributed by atoms with E-state index in [0.29, 0.717) is 21.7 Å². The van der Waals surface area contributed by atoms with Crippen LogP contribution in [0.5, 0.6) is 0 Å². The number of amides is 1. The van der Waals surface area contributed by atoms with Crippen molar-refractivity contribution < 1.29 is 13.2 Å². The molecule has 1 heterocycles. The summed E-state index contributed by atoms with van der Waals surface area (Å²) >= 11 is 1.18. The lowest BCUT2D eigenvalue weighted by atomic mass is 10.2. The van der Waals surface area contributed by atoms with E-state index in [-0.39, 0.29) is 22.4 Å². The maximum Gasteiger partial charge on any atom is 0.261 e. The van der Waals surface area contributed by atoms with Crippen molar-refractivity contribution in [3.8, 4) is 0 Å². The normalized spacial score (nSPS) is 12.8. The highest BCUT2D eigenvalue weighted by molar-refractivity contribution is 8.00. The Morgan fingerprint density at radius 3 is 2.38 bits per heavy atom. The first-order valence-corrected chi connectivity index (χ1v) is 12.4. The molecule has 2 aromatic carbocycles. The van der Waals surface area contributed by atoms with Gasteiger partial charge in [0.2, 0.25) is 15.9 Å². The second-order valence-corrected chi connectivity index (χ2v) is 10.9. The smallest absolute Gasteiger partial charge is 0.261 e. The Kier molecular flexibility index (Phi) is 7.06. The molecule has 2 N–H and O–H groups in total. The molecule has 32 heavy (non-hydrogen) atoms. The molecular weight excluding hydrogens is 448 g/mol. The standard InChI is InChI=1S/C22H26N4O4S2/c1-13(2)25-32(29,30)17-9-7-16(8-10-17)23-20(27)15(4)31-22-24-19-11-6-14(3)12-18(19)21(28)26(22)5/h6-13,15,25H,1-5H3,(H,23,27). The molecule has 1 unspecified atom stereocenters. The molecule has 0 aliphatic carbocycles. The molecule has 0 aliphatic heterocycles. The number of aryl methyl sites for hydroxylation is 1. The highest BCUT2D eigenvalue weighted by atomic mass is 32.2. The summed E-state index contributed by atoms with van der Waals surface area (Å²) in [6.07, 6.45) is 0. The monoisotopic (exact) mass is 474 g/mol. The van der Waals surface area contributed by atoms with E-state index in [2.05, 4.69) is 15.0 Å². The molecular formula is C22H26N4O4S2. The molecule has 8 nitrogen and oxygen atoms in total. The van der Waals surface area contributed by atoms with Crippen LogP contribution in [0.15, 0.2) is 57.3 Å². The third kappa shape index (κ3) is 5.37. The molecule has 3 rings (SSSR count). The second kappa shape index (κ2) is 9.43. The van der Waals surface area contributed by atoms with Crippen LogP contribution >= 0.6 is 11.8 Å². The second-order valence-electron chi connectivity index (χ2n) is 7.83. The van der Waals surface area contributed by atoms with Gasteiger partial charge >= 0.3 is 0 Å². The van der Waals surface area contributed by atoms with Gasteiger partial charge in [0.1, 0.15) is 0 Å². The van der Waals surface area contributed by atoms with Gasteiger partial charge in [-0.2, -0.15) is 0 Å². The molecule has 3 aromatic rings. The van der Waals surface area contributed by atoms with Crippen LogP contribution in [0.2, 0.25) is 0 Å². The number of carbonyl (C=O) groups is 1. The highest BCUT2D eigenvalue weighted by Gasteiger charge is 2.19. The van der Waals surface area contributed by atoms with Crippen LogP contribution in [0.1, 0.15) is 26.3 Å². The van der Waals surface area contributed by atoms with Gasteiger partial charge in [-0.15, -0.1) is 0 Å². The molecule has 0 radical (unpaired) electrons. The molecule has 1 atom stereocenters. The third-order valence-electron chi connectivity index (χ3n) is 4.66. The van der Waals surface area contributed by atoms with Crippen molar-refractivity contribution in [2.45, 2.75) is 49.0 Å². The van der Waals surface area contributed by atoms with E-state index >= 15 is 0 Å². The van der Waals surface area contributed by atoms with Crippen molar-refractivity contribution >= 4 is 44.3 Å². The maximum atomic E-state index is 12.7. The first-order chi connectivity index (χ1) is 15.0. The summed E-state index contributed by atoms with van der Waals surface area (Å²) in [4.78, 5) is 30.0. The molecule has 0 saturated carbocycles. The van der Waals surface area contributed by atoms with E-state index < -0.39 is 15.3 Å². The number of hydrogen-bond acceptors (Lipinski definition) is 6. The molecule has 0 saturated heterocycles. The predicted octanol–water partition coefficient (Wildman–Crippen LogP) is 3.05. The fourth-order valence-electron chi connectivity index (χ4n) is 3.02. The molecule has 0 fully saturated rings. The summed E-state index contributed by atoms with van der Waals surface area (Å²) in [6, 6.07) is 11.2. The van der Waals surface area contributed by atoms with Gasteiger partial charge in [0.05, 0.1) is 21.0 Å². The number of sulfonamides is 1. The van der Waals surface area contributed by atoms with Gasteiger partial charge in [0.15, 0.2) is 5.16 Å². The van der Waals surface area contributed by atoms with Crippen molar-refractivity contribution in [2.24, 2.45) is 7.05 Å². The average molecular weight is 475 g/mol. The van der Waals surface area contributed by atoms with Crippen molar-refractivity contribution in [1.82, 2.24) is 14.3 Å². The zero-order chi connectivity index (χ0) is 23.6.